The number of nitrogens with zero attached hydrogens (tertiary/aromatic N) is 3. The zero-order valence-electron chi connectivity index (χ0n) is 17.2. The van der Waals surface area contributed by atoms with Crippen LogP contribution in [-0.2, 0) is 9.59 Å². The van der Waals surface area contributed by atoms with E-state index in [2.05, 4.69) is 16.8 Å². The summed E-state index contributed by atoms with van der Waals surface area (Å²) in [6.45, 7) is 3.14. The lowest BCUT2D eigenvalue weighted by atomic mass is 9.95. The van der Waals surface area contributed by atoms with Gasteiger partial charge in [0, 0.05) is 32.2 Å². The van der Waals surface area contributed by atoms with Crippen molar-refractivity contribution in [3.8, 4) is 0 Å². The van der Waals surface area contributed by atoms with Gasteiger partial charge in [-0.25, -0.2) is 4.39 Å². The molecule has 156 valence electrons. The molecule has 0 radical (unpaired) electrons. The fourth-order valence-corrected chi connectivity index (χ4v) is 4.76. The van der Waals surface area contributed by atoms with Gasteiger partial charge in [0.15, 0.2) is 0 Å². The number of amides is 2. The summed E-state index contributed by atoms with van der Waals surface area (Å²) in [7, 11) is 2.06. The van der Waals surface area contributed by atoms with E-state index >= 15 is 0 Å². The molecule has 0 unspecified atom stereocenters. The molecule has 2 heterocycles. The Morgan fingerprint density at radius 2 is 1.41 bits per heavy atom. The van der Waals surface area contributed by atoms with E-state index in [1.807, 2.05) is 0 Å². The quantitative estimate of drug-likeness (QED) is 0.732. The van der Waals surface area contributed by atoms with Gasteiger partial charge in [0.25, 0.3) is 11.8 Å². The molecule has 0 bridgehead atoms. The molecular formula is C23H30FN3O2. The second-order valence-corrected chi connectivity index (χ2v) is 8.50. The lowest BCUT2D eigenvalue weighted by Crippen LogP contribution is -2.47. The third kappa shape index (κ3) is 4.08. The highest BCUT2D eigenvalue weighted by Crippen LogP contribution is 2.36. The molecule has 4 rings (SSSR count). The predicted octanol–water partition coefficient (Wildman–Crippen LogP) is 3.27. The minimum Gasteiger partial charge on any atom is -0.364 e. The Labute approximate surface area is 172 Å². The van der Waals surface area contributed by atoms with Crippen LogP contribution in [0.25, 0.3) is 5.57 Å². The van der Waals surface area contributed by atoms with Gasteiger partial charge in [0.05, 0.1) is 5.57 Å². The number of benzene rings is 1. The third-order valence-corrected chi connectivity index (χ3v) is 6.48. The number of rotatable bonds is 3. The van der Waals surface area contributed by atoms with E-state index in [1.165, 1.54) is 23.5 Å². The molecule has 1 aromatic carbocycles. The number of hydrogen-bond donors (Lipinski definition) is 0. The average Bonchev–Trinajstić information content (AvgIpc) is 2.94. The number of imide groups is 1. The number of carbonyl (C=O) groups excluding carboxylic acids is 2. The van der Waals surface area contributed by atoms with Gasteiger partial charge in [-0.05, 0) is 37.6 Å². The highest BCUT2D eigenvalue weighted by molar-refractivity contribution is 6.35. The predicted molar refractivity (Wildman–Crippen MR) is 110 cm³/mol. The molecule has 5 nitrogen and oxygen atoms in total. The summed E-state index contributed by atoms with van der Waals surface area (Å²) in [5.74, 6) is -0.713. The van der Waals surface area contributed by atoms with Crippen LogP contribution in [0.3, 0.4) is 0 Å². The van der Waals surface area contributed by atoms with Crippen molar-refractivity contribution in [2.75, 3.05) is 33.2 Å². The smallest absolute Gasteiger partial charge is 0.278 e. The van der Waals surface area contributed by atoms with E-state index in [0.29, 0.717) is 29.9 Å². The maximum atomic E-state index is 13.6. The highest BCUT2D eigenvalue weighted by atomic mass is 19.1. The number of carbonyl (C=O) groups is 2. The molecule has 1 aliphatic carbocycles. The van der Waals surface area contributed by atoms with Gasteiger partial charge in [-0.2, -0.15) is 0 Å². The van der Waals surface area contributed by atoms with E-state index in [9.17, 15) is 14.0 Å². The van der Waals surface area contributed by atoms with E-state index < -0.39 is 0 Å². The van der Waals surface area contributed by atoms with E-state index in [0.717, 1.165) is 51.6 Å². The zero-order chi connectivity index (χ0) is 20.4. The summed E-state index contributed by atoms with van der Waals surface area (Å²) >= 11 is 0. The molecule has 29 heavy (non-hydrogen) atoms. The summed E-state index contributed by atoms with van der Waals surface area (Å²) in [4.78, 5) is 32.9. The second kappa shape index (κ2) is 8.66. The Balaban J connectivity index is 1.70. The van der Waals surface area contributed by atoms with Crippen LogP contribution >= 0.6 is 0 Å². The number of hydrogen-bond acceptors (Lipinski definition) is 4. The largest absolute Gasteiger partial charge is 0.364 e. The Morgan fingerprint density at radius 3 is 2.03 bits per heavy atom. The molecule has 0 N–H and O–H groups in total. The van der Waals surface area contributed by atoms with Crippen molar-refractivity contribution in [2.45, 2.75) is 51.0 Å². The lowest BCUT2D eigenvalue weighted by molar-refractivity contribution is -0.140. The molecule has 2 aliphatic heterocycles. The molecule has 3 aliphatic rings. The first-order chi connectivity index (χ1) is 14.1. The van der Waals surface area contributed by atoms with E-state index in [-0.39, 0.29) is 23.7 Å². The molecule has 1 saturated heterocycles. The van der Waals surface area contributed by atoms with Crippen molar-refractivity contribution in [3.63, 3.8) is 0 Å². The molecular weight excluding hydrogens is 369 g/mol. The molecule has 6 heteroatoms. The van der Waals surface area contributed by atoms with Crippen LogP contribution in [-0.4, -0.2) is 65.8 Å². The van der Waals surface area contributed by atoms with Gasteiger partial charge >= 0.3 is 0 Å². The summed E-state index contributed by atoms with van der Waals surface area (Å²) in [6.07, 6.45) is 7.43. The molecule has 0 spiro atoms. The van der Waals surface area contributed by atoms with Crippen molar-refractivity contribution in [3.05, 3.63) is 41.3 Å². The van der Waals surface area contributed by atoms with E-state index in [4.69, 9.17) is 0 Å². The van der Waals surface area contributed by atoms with Crippen LogP contribution in [0.15, 0.2) is 30.0 Å². The monoisotopic (exact) mass is 399 g/mol. The van der Waals surface area contributed by atoms with Crippen LogP contribution in [0.5, 0.6) is 0 Å². The van der Waals surface area contributed by atoms with Gasteiger partial charge in [-0.3, -0.25) is 14.5 Å². The fraction of sp³-hybridized carbons (Fsp3) is 0.565. The maximum Gasteiger partial charge on any atom is 0.278 e. The van der Waals surface area contributed by atoms with Crippen LogP contribution in [0, 0.1) is 5.82 Å². The van der Waals surface area contributed by atoms with Crippen LogP contribution in [0.1, 0.15) is 50.5 Å². The first-order valence-electron chi connectivity index (χ1n) is 10.9. The second-order valence-electron chi connectivity index (χ2n) is 8.50. The van der Waals surface area contributed by atoms with Crippen molar-refractivity contribution in [1.29, 1.82) is 0 Å². The third-order valence-electron chi connectivity index (χ3n) is 6.48. The maximum absolute atomic E-state index is 13.6. The van der Waals surface area contributed by atoms with Crippen LogP contribution in [0.2, 0.25) is 0 Å². The summed E-state index contributed by atoms with van der Waals surface area (Å²) in [5, 5.41) is 0. The molecule has 0 aromatic heterocycles. The first-order valence-corrected chi connectivity index (χ1v) is 10.9. The van der Waals surface area contributed by atoms with Gasteiger partial charge in [-0.1, -0.05) is 44.2 Å². The van der Waals surface area contributed by atoms with Crippen molar-refractivity contribution in [2.24, 2.45) is 0 Å². The van der Waals surface area contributed by atoms with Gasteiger partial charge in [0.1, 0.15) is 11.5 Å². The standard InChI is InChI=1S/C23H30FN3O2/c1-25-13-15-26(16-14-25)21-20(17-9-11-18(24)12-10-17)22(28)27(23(21)29)19-7-5-3-2-4-6-8-19/h9-12,19H,2-8,13-16H2,1H3. The van der Waals surface area contributed by atoms with E-state index in [1.54, 1.807) is 12.1 Å². The summed E-state index contributed by atoms with van der Waals surface area (Å²) in [5.41, 5.74) is 1.59. The number of likely N-dealkylation sites (N-methyl/N-ethyl adjacent to an activating group) is 1. The number of halogens is 1. The minimum absolute atomic E-state index is 0.0317. The van der Waals surface area contributed by atoms with Crippen molar-refractivity contribution >= 4 is 17.4 Å². The Morgan fingerprint density at radius 1 is 0.828 bits per heavy atom. The molecule has 0 atom stereocenters. The molecule has 2 amide bonds. The fourth-order valence-electron chi connectivity index (χ4n) is 4.76. The van der Waals surface area contributed by atoms with Crippen molar-refractivity contribution in [1.82, 2.24) is 14.7 Å². The SMILES string of the molecule is CN1CCN(C2=C(c3ccc(F)cc3)C(=O)N(C3CCCCCCC3)C2=O)CC1. The molecule has 2 fully saturated rings. The average molecular weight is 400 g/mol. The lowest BCUT2D eigenvalue weighted by Gasteiger charge is -2.35. The summed E-state index contributed by atoms with van der Waals surface area (Å²) in [6, 6.07) is 5.93. The minimum atomic E-state index is -0.343. The molecule has 1 aromatic rings. The van der Waals surface area contributed by atoms with Crippen LogP contribution in [0.4, 0.5) is 4.39 Å². The summed E-state index contributed by atoms with van der Waals surface area (Å²) < 4.78 is 13.5. The van der Waals surface area contributed by atoms with Gasteiger partial charge in [0.2, 0.25) is 0 Å². The normalized spacial score (nSPS) is 23.0. The van der Waals surface area contributed by atoms with Gasteiger partial charge in [-0.15, -0.1) is 0 Å². The topological polar surface area (TPSA) is 43.9 Å². The Hall–Kier alpha value is -2.21. The van der Waals surface area contributed by atoms with Crippen molar-refractivity contribution < 1.29 is 14.0 Å². The first kappa shape index (κ1) is 20.1. The van der Waals surface area contributed by atoms with Gasteiger partial charge < -0.3 is 9.80 Å². The highest BCUT2D eigenvalue weighted by Gasteiger charge is 2.44. The number of piperazine rings is 1. The molecule has 1 saturated carbocycles. The zero-order valence-corrected chi connectivity index (χ0v) is 17.2. The Bertz CT molecular complexity index is 789. The van der Waals surface area contributed by atoms with Crippen LogP contribution < -0.4 is 0 Å². The Kier molecular flexibility index (Phi) is 5.99.